The summed E-state index contributed by atoms with van der Waals surface area (Å²) in [5.41, 5.74) is 0.270. The lowest BCUT2D eigenvalue weighted by atomic mass is 9.79. The number of anilines is 1. The quantitative estimate of drug-likeness (QED) is 0.493. The Morgan fingerprint density at radius 3 is 2.62 bits per heavy atom. The van der Waals surface area contributed by atoms with Crippen LogP contribution in [0.1, 0.15) is 56.0 Å². The van der Waals surface area contributed by atoms with Crippen LogP contribution in [0.15, 0.2) is 37.1 Å². The Bertz CT molecular complexity index is 1470. The summed E-state index contributed by atoms with van der Waals surface area (Å²) in [5.74, 6) is -0.0912. The molecule has 1 aliphatic rings. The number of nitrogens with zero attached hydrogens (tertiary/aromatic N) is 8. The molecule has 34 heavy (non-hydrogen) atoms. The largest absolute Gasteiger partial charge is 0.324 e. The van der Waals surface area contributed by atoms with Gasteiger partial charge in [-0.1, -0.05) is 13.8 Å². The normalized spacial score (nSPS) is 18.7. The Kier molecular flexibility index (Phi) is 4.68. The van der Waals surface area contributed by atoms with Crippen molar-refractivity contribution in [3.05, 3.63) is 59.4 Å². The Balaban J connectivity index is 1.52. The number of halogens is 2. The molecule has 0 saturated carbocycles. The minimum atomic E-state index is -2.72. The van der Waals surface area contributed by atoms with E-state index in [1.165, 1.54) is 40.2 Å². The first-order valence-electron chi connectivity index (χ1n) is 10.4. The van der Waals surface area contributed by atoms with E-state index in [9.17, 15) is 18.8 Å². The first-order valence-corrected chi connectivity index (χ1v) is 10.4. The van der Waals surface area contributed by atoms with Crippen molar-refractivity contribution < 1.29 is 13.6 Å². The van der Waals surface area contributed by atoms with Gasteiger partial charge < -0.3 is 5.32 Å². The summed E-state index contributed by atoms with van der Waals surface area (Å²) >= 11 is 0. The number of hydrogen-bond donors (Lipinski definition) is 1. The number of hydrogen-bond acceptors (Lipinski definition) is 7. The molecule has 4 heterocycles. The van der Waals surface area contributed by atoms with E-state index in [0.29, 0.717) is 28.9 Å². The molecule has 0 fully saturated rings. The molecule has 4 aromatic heterocycles. The average Bonchev–Trinajstić information content (AvgIpc) is 3.51. The molecule has 0 bridgehead atoms. The van der Waals surface area contributed by atoms with Crippen molar-refractivity contribution in [3.8, 4) is 11.9 Å². The zero-order chi connectivity index (χ0) is 24.3. The minimum Gasteiger partial charge on any atom is -0.324 e. The molecule has 1 amide bonds. The summed E-state index contributed by atoms with van der Waals surface area (Å²) in [6.45, 7) is 5.68. The second-order valence-electron chi connectivity index (χ2n) is 9.04. The van der Waals surface area contributed by atoms with Crippen LogP contribution in [0, 0.1) is 11.3 Å². The fraction of sp³-hybridized carbons (Fsp3) is 0.318. The highest BCUT2D eigenvalue weighted by Gasteiger charge is 2.51. The van der Waals surface area contributed by atoms with Gasteiger partial charge in [-0.25, -0.2) is 23.3 Å². The highest BCUT2D eigenvalue weighted by Crippen LogP contribution is 2.51. The van der Waals surface area contributed by atoms with Gasteiger partial charge in [-0.2, -0.15) is 20.6 Å². The van der Waals surface area contributed by atoms with E-state index >= 15 is 0 Å². The molecule has 1 atom stereocenters. The SMILES string of the molecule is CC1(C)C[C@@](C)(C(=O)Nc2cnc(-n3nccn3)c(C#N)c2)c2cnn3cc(C(F)F)nc3c21. The molecule has 0 saturated heterocycles. The molecule has 12 heteroatoms. The first kappa shape index (κ1) is 21.6. The molecule has 10 nitrogen and oxygen atoms in total. The van der Waals surface area contributed by atoms with Gasteiger partial charge in [-0.05, 0) is 30.4 Å². The number of fused-ring (bicyclic) bond motifs is 3. The van der Waals surface area contributed by atoms with Crippen LogP contribution in [0.3, 0.4) is 0 Å². The maximum Gasteiger partial charge on any atom is 0.281 e. The second-order valence-corrected chi connectivity index (χ2v) is 9.04. The van der Waals surface area contributed by atoms with Crippen molar-refractivity contribution in [2.45, 2.75) is 44.4 Å². The van der Waals surface area contributed by atoms with Gasteiger partial charge in [-0.3, -0.25) is 4.79 Å². The van der Waals surface area contributed by atoms with E-state index in [2.05, 4.69) is 30.6 Å². The predicted molar refractivity (Wildman–Crippen MR) is 115 cm³/mol. The minimum absolute atomic E-state index is 0.187. The van der Waals surface area contributed by atoms with Crippen molar-refractivity contribution in [2.24, 2.45) is 0 Å². The Morgan fingerprint density at radius 1 is 1.21 bits per heavy atom. The summed E-state index contributed by atoms with van der Waals surface area (Å²) in [4.78, 5) is 23.1. The van der Waals surface area contributed by atoms with Gasteiger partial charge in [0, 0.05) is 5.56 Å². The highest BCUT2D eigenvalue weighted by atomic mass is 19.3. The Morgan fingerprint density at radius 2 is 1.94 bits per heavy atom. The number of imidazole rings is 1. The number of rotatable bonds is 4. The maximum atomic E-state index is 13.5. The van der Waals surface area contributed by atoms with Gasteiger partial charge in [0.1, 0.15) is 17.3 Å². The van der Waals surface area contributed by atoms with E-state index in [4.69, 9.17) is 0 Å². The summed E-state index contributed by atoms with van der Waals surface area (Å²) in [6.07, 6.45) is 4.79. The number of carbonyl (C=O) groups is 1. The van der Waals surface area contributed by atoms with Crippen molar-refractivity contribution in [3.63, 3.8) is 0 Å². The van der Waals surface area contributed by atoms with Crippen molar-refractivity contribution in [1.82, 2.24) is 34.6 Å². The molecule has 172 valence electrons. The molecule has 0 aromatic carbocycles. The fourth-order valence-corrected chi connectivity index (χ4v) is 4.77. The molecule has 1 N–H and O–H groups in total. The third kappa shape index (κ3) is 3.20. The van der Waals surface area contributed by atoms with Crippen molar-refractivity contribution in [1.29, 1.82) is 5.26 Å². The van der Waals surface area contributed by atoms with Crippen LogP contribution in [-0.4, -0.2) is 40.5 Å². The monoisotopic (exact) mass is 463 g/mol. The van der Waals surface area contributed by atoms with Gasteiger partial charge in [-0.15, -0.1) is 4.80 Å². The van der Waals surface area contributed by atoms with Gasteiger partial charge in [0.25, 0.3) is 6.43 Å². The van der Waals surface area contributed by atoms with Crippen molar-refractivity contribution >= 4 is 17.2 Å². The van der Waals surface area contributed by atoms with Gasteiger partial charge >= 0.3 is 0 Å². The number of nitrogens with one attached hydrogen (secondary N) is 1. The number of aromatic nitrogens is 7. The van der Waals surface area contributed by atoms with Crippen LogP contribution >= 0.6 is 0 Å². The van der Waals surface area contributed by atoms with Crippen LogP contribution in [0.2, 0.25) is 0 Å². The van der Waals surface area contributed by atoms with Gasteiger partial charge in [0.15, 0.2) is 11.5 Å². The second kappa shape index (κ2) is 7.38. The summed E-state index contributed by atoms with van der Waals surface area (Å²) < 4.78 is 27.8. The third-order valence-corrected chi connectivity index (χ3v) is 6.16. The van der Waals surface area contributed by atoms with Gasteiger partial charge in [0.05, 0.1) is 42.1 Å². The van der Waals surface area contributed by atoms with E-state index in [1.807, 2.05) is 19.9 Å². The number of carbonyl (C=O) groups excluding carboxylic acids is 1. The van der Waals surface area contributed by atoms with Crippen LogP contribution in [0.25, 0.3) is 11.5 Å². The fourth-order valence-electron chi connectivity index (χ4n) is 4.77. The zero-order valence-corrected chi connectivity index (χ0v) is 18.5. The molecule has 0 spiro atoms. The van der Waals surface area contributed by atoms with Gasteiger partial charge in [0.2, 0.25) is 5.91 Å². The Labute approximate surface area is 192 Å². The maximum absolute atomic E-state index is 13.5. The van der Waals surface area contributed by atoms with Crippen LogP contribution < -0.4 is 5.32 Å². The predicted octanol–water partition coefficient (Wildman–Crippen LogP) is 3.09. The van der Waals surface area contributed by atoms with E-state index in [-0.39, 0.29) is 23.0 Å². The lowest BCUT2D eigenvalue weighted by Gasteiger charge is -2.26. The third-order valence-electron chi connectivity index (χ3n) is 6.16. The summed E-state index contributed by atoms with van der Waals surface area (Å²) in [7, 11) is 0. The average molecular weight is 463 g/mol. The molecule has 0 radical (unpaired) electrons. The standard InChI is InChI=1S/C22H19F2N9O/c1-21(2)11-22(3,14-9-29-32-10-15(17(23)24)31-19(32)16(14)21)20(34)30-13-6-12(7-25)18(26-8-13)33-27-4-5-28-33/h4-6,8-10,17H,11H2,1-3H3,(H,30,34)/t22-/m1/s1. The molecule has 1 aliphatic carbocycles. The zero-order valence-electron chi connectivity index (χ0n) is 18.5. The van der Waals surface area contributed by atoms with Crippen LogP contribution in [0.4, 0.5) is 14.5 Å². The molecule has 5 rings (SSSR count). The van der Waals surface area contributed by atoms with E-state index in [0.717, 1.165) is 0 Å². The first-order chi connectivity index (χ1) is 16.1. The summed E-state index contributed by atoms with van der Waals surface area (Å²) in [5, 5.41) is 24.6. The topological polar surface area (TPSA) is 127 Å². The number of amides is 1. The number of alkyl halides is 2. The molecular formula is C22H19F2N9O. The van der Waals surface area contributed by atoms with Crippen molar-refractivity contribution in [2.75, 3.05) is 5.32 Å². The Hall–Kier alpha value is -4.27. The molecule has 0 unspecified atom stereocenters. The van der Waals surface area contributed by atoms with E-state index in [1.54, 1.807) is 13.1 Å². The van der Waals surface area contributed by atoms with E-state index < -0.39 is 17.3 Å². The van der Waals surface area contributed by atoms with Crippen LogP contribution in [0.5, 0.6) is 0 Å². The summed E-state index contributed by atoms with van der Waals surface area (Å²) in [6, 6.07) is 3.54. The highest BCUT2D eigenvalue weighted by molar-refractivity contribution is 6.00. The lowest BCUT2D eigenvalue weighted by molar-refractivity contribution is -0.121. The molecule has 0 aliphatic heterocycles. The smallest absolute Gasteiger partial charge is 0.281 e. The lowest BCUT2D eigenvalue weighted by Crippen LogP contribution is -2.37. The van der Waals surface area contributed by atoms with Crippen LogP contribution in [-0.2, 0) is 15.6 Å². The number of nitriles is 1. The molecular weight excluding hydrogens is 444 g/mol. The molecule has 4 aromatic rings. The number of pyridine rings is 1.